The van der Waals surface area contributed by atoms with Gasteiger partial charge in [-0.15, -0.1) is 0 Å². The minimum atomic E-state index is -0.297. The van der Waals surface area contributed by atoms with Crippen molar-refractivity contribution in [1.82, 2.24) is 14.3 Å². The average molecular weight is 275 g/mol. The summed E-state index contributed by atoms with van der Waals surface area (Å²) < 4.78 is 1.41. The number of nitrogens with zero attached hydrogens (tertiary/aromatic N) is 3. The van der Waals surface area contributed by atoms with E-state index in [9.17, 15) is 9.59 Å². The number of aromatic nitrogens is 2. The fourth-order valence-corrected chi connectivity index (χ4v) is 3.01. The minimum absolute atomic E-state index is 0.149. The lowest BCUT2D eigenvalue weighted by Gasteiger charge is -2.26. The van der Waals surface area contributed by atoms with Crippen molar-refractivity contribution in [3.05, 3.63) is 46.5 Å². The van der Waals surface area contributed by atoms with Crippen LogP contribution in [0.3, 0.4) is 0 Å². The summed E-state index contributed by atoms with van der Waals surface area (Å²) in [6, 6.07) is 5.31. The van der Waals surface area contributed by atoms with Crippen LogP contribution < -0.4 is 5.56 Å². The van der Waals surface area contributed by atoms with Gasteiger partial charge in [0.1, 0.15) is 11.2 Å². The molecule has 1 aliphatic rings. The first kappa shape index (κ1) is 12.2. The minimum Gasteiger partial charge on any atom is -0.337 e. The molecule has 98 valence electrons. The summed E-state index contributed by atoms with van der Waals surface area (Å²) >= 11 is 1.83. The third-order valence-electron chi connectivity index (χ3n) is 3.14. The number of fused-ring (bicyclic) bond motifs is 1. The Bertz CT molecular complexity index is 677. The lowest BCUT2D eigenvalue weighted by atomic mass is 10.2. The van der Waals surface area contributed by atoms with Crippen LogP contribution in [0.4, 0.5) is 0 Å². The highest BCUT2D eigenvalue weighted by atomic mass is 32.2. The van der Waals surface area contributed by atoms with Gasteiger partial charge >= 0.3 is 0 Å². The van der Waals surface area contributed by atoms with Crippen molar-refractivity contribution in [3.63, 3.8) is 0 Å². The maximum Gasteiger partial charge on any atom is 0.270 e. The van der Waals surface area contributed by atoms with E-state index < -0.39 is 0 Å². The smallest absolute Gasteiger partial charge is 0.270 e. The highest BCUT2D eigenvalue weighted by molar-refractivity contribution is 7.99. The van der Waals surface area contributed by atoms with E-state index in [0.29, 0.717) is 18.7 Å². The van der Waals surface area contributed by atoms with Crippen molar-refractivity contribution in [2.45, 2.75) is 0 Å². The number of rotatable bonds is 1. The Morgan fingerprint density at radius 3 is 2.84 bits per heavy atom. The first-order valence-corrected chi connectivity index (χ1v) is 7.26. The summed E-state index contributed by atoms with van der Waals surface area (Å²) in [5.41, 5.74) is 0.405. The summed E-state index contributed by atoms with van der Waals surface area (Å²) in [5.74, 6) is 1.64. The molecule has 0 bridgehead atoms. The van der Waals surface area contributed by atoms with Crippen molar-refractivity contribution in [2.75, 3.05) is 24.6 Å². The van der Waals surface area contributed by atoms with Gasteiger partial charge in [0.05, 0.1) is 0 Å². The van der Waals surface area contributed by atoms with Crippen LogP contribution in [0.5, 0.6) is 0 Å². The van der Waals surface area contributed by atoms with Crippen LogP contribution in [0, 0.1) is 0 Å². The molecule has 0 aliphatic carbocycles. The van der Waals surface area contributed by atoms with Crippen LogP contribution in [0.25, 0.3) is 5.65 Å². The molecular weight excluding hydrogens is 262 g/mol. The van der Waals surface area contributed by atoms with Gasteiger partial charge in [-0.05, 0) is 12.1 Å². The van der Waals surface area contributed by atoms with Gasteiger partial charge in [-0.1, -0.05) is 6.07 Å². The molecule has 1 amide bonds. The van der Waals surface area contributed by atoms with Crippen molar-refractivity contribution < 1.29 is 4.79 Å². The highest BCUT2D eigenvalue weighted by Gasteiger charge is 2.21. The molecule has 6 heteroatoms. The second-order valence-electron chi connectivity index (χ2n) is 4.31. The van der Waals surface area contributed by atoms with E-state index >= 15 is 0 Å². The van der Waals surface area contributed by atoms with Crippen LogP contribution >= 0.6 is 11.8 Å². The van der Waals surface area contributed by atoms with Crippen LogP contribution in [0.2, 0.25) is 0 Å². The lowest BCUT2D eigenvalue weighted by Crippen LogP contribution is -2.40. The van der Waals surface area contributed by atoms with Crippen molar-refractivity contribution in [1.29, 1.82) is 0 Å². The van der Waals surface area contributed by atoms with E-state index in [-0.39, 0.29) is 17.0 Å². The van der Waals surface area contributed by atoms with Crippen LogP contribution in [0.1, 0.15) is 10.4 Å². The molecule has 2 aromatic rings. The zero-order chi connectivity index (χ0) is 13.2. The molecule has 3 heterocycles. The molecule has 3 rings (SSSR count). The van der Waals surface area contributed by atoms with Gasteiger partial charge in [-0.3, -0.25) is 14.0 Å². The van der Waals surface area contributed by atoms with E-state index in [4.69, 9.17) is 0 Å². The topological polar surface area (TPSA) is 54.7 Å². The third kappa shape index (κ3) is 2.23. The van der Waals surface area contributed by atoms with E-state index in [0.717, 1.165) is 11.5 Å². The fourth-order valence-electron chi connectivity index (χ4n) is 2.11. The number of hydrogen-bond donors (Lipinski definition) is 0. The molecule has 0 N–H and O–H groups in total. The molecule has 19 heavy (non-hydrogen) atoms. The fraction of sp³-hybridized carbons (Fsp3) is 0.308. The Morgan fingerprint density at radius 1 is 1.26 bits per heavy atom. The average Bonchev–Trinajstić information content (AvgIpc) is 2.48. The molecule has 0 atom stereocenters. The number of hydrogen-bond acceptors (Lipinski definition) is 4. The largest absolute Gasteiger partial charge is 0.337 e. The first-order valence-electron chi connectivity index (χ1n) is 6.11. The summed E-state index contributed by atoms with van der Waals surface area (Å²) in [4.78, 5) is 30.5. The van der Waals surface area contributed by atoms with Crippen LogP contribution in [0.15, 0.2) is 35.4 Å². The van der Waals surface area contributed by atoms with E-state index in [1.165, 1.54) is 10.6 Å². The van der Waals surface area contributed by atoms with Crippen LogP contribution in [-0.2, 0) is 0 Å². The van der Waals surface area contributed by atoms with Crippen molar-refractivity contribution in [2.24, 2.45) is 0 Å². The standard InChI is InChI=1S/C13H13N3O2S/c17-12(15-5-7-19-8-6-15)10-9-14-11-3-1-2-4-16(11)13(10)18/h1-4,9H,5-8H2. The first-order chi connectivity index (χ1) is 9.27. The maximum atomic E-state index is 12.3. The molecule has 0 aromatic carbocycles. The zero-order valence-electron chi connectivity index (χ0n) is 10.3. The Kier molecular flexibility index (Phi) is 3.25. The van der Waals surface area contributed by atoms with Gasteiger partial charge < -0.3 is 4.90 Å². The normalized spacial score (nSPS) is 15.7. The van der Waals surface area contributed by atoms with Gasteiger partial charge in [0.25, 0.3) is 11.5 Å². The van der Waals surface area contributed by atoms with E-state index in [2.05, 4.69) is 4.98 Å². The van der Waals surface area contributed by atoms with E-state index in [1.807, 2.05) is 17.8 Å². The molecule has 0 unspecified atom stereocenters. The molecule has 2 aromatic heterocycles. The van der Waals surface area contributed by atoms with Gasteiger partial charge in [-0.25, -0.2) is 4.98 Å². The number of amides is 1. The van der Waals surface area contributed by atoms with Gasteiger partial charge in [-0.2, -0.15) is 11.8 Å². The molecule has 0 spiro atoms. The Morgan fingerprint density at radius 2 is 2.05 bits per heavy atom. The SMILES string of the molecule is O=C(c1cnc2ccccn2c1=O)N1CCSCC1. The highest BCUT2D eigenvalue weighted by Crippen LogP contribution is 2.11. The molecule has 5 nitrogen and oxygen atoms in total. The van der Waals surface area contributed by atoms with Gasteiger partial charge in [0, 0.05) is 37.0 Å². The Labute approximate surface area is 114 Å². The van der Waals surface area contributed by atoms with E-state index in [1.54, 1.807) is 23.2 Å². The number of thioether (sulfide) groups is 1. The second kappa shape index (κ2) is 5.05. The zero-order valence-corrected chi connectivity index (χ0v) is 11.1. The number of carbonyl (C=O) groups is 1. The Balaban J connectivity index is 2.03. The van der Waals surface area contributed by atoms with Crippen molar-refractivity contribution in [3.8, 4) is 0 Å². The Hall–Kier alpha value is -1.82. The van der Waals surface area contributed by atoms with Gasteiger partial charge in [0.2, 0.25) is 0 Å². The molecule has 1 aliphatic heterocycles. The van der Waals surface area contributed by atoms with Crippen molar-refractivity contribution >= 4 is 23.3 Å². The van der Waals surface area contributed by atoms with Crippen LogP contribution in [-0.4, -0.2) is 44.8 Å². The maximum absolute atomic E-state index is 12.3. The summed E-state index contributed by atoms with van der Waals surface area (Å²) in [7, 11) is 0. The molecular formula is C13H13N3O2S. The molecule has 1 saturated heterocycles. The predicted octanol–water partition coefficient (Wildman–Crippen LogP) is 0.883. The molecule has 1 fully saturated rings. The molecule has 0 radical (unpaired) electrons. The quantitative estimate of drug-likeness (QED) is 0.775. The summed E-state index contributed by atoms with van der Waals surface area (Å²) in [6.45, 7) is 1.39. The molecule has 0 saturated carbocycles. The predicted molar refractivity (Wildman–Crippen MR) is 74.7 cm³/mol. The summed E-state index contributed by atoms with van der Waals surface area (Å²) in [6.07, 6.45) is 3.02. The van der Waals surface area contributed by atoms with Gasteiger partial charge in [0.15, 0.2) is 0 Å². The third-order valence-corrected chi connectivity index (χ3v) is 4.08. The summed E-state index contributed by atoms with van der Waals surface area (Å²) in [5, 5.41) is 0. The number of carbonyl (C=O) groups excluding carboxylic acids is 1. The lowest BCUT2D eigenvalue weighted by molar-refractivity contribution is 0.0770. The number of pyridine rings is 1. The second-order valence-corrected chi connectivity index (χ2v) is 5.54. The monoisotopic (exact) mass is 275 g/mol.